The van der Waals surface area contributed by atoms with E-state index in [-0.39, 0.29) is 5.69 Å². The van der Waals surface area contributed by atoms with Gasteiger partial charge in [-0.2, -0.15) is 10.2 Å². The molecule has 0 saturated heterocycles. The van der Waals surface area contributed by atoms with Crippen LogP contribution in [0.5, 0.6) is 0 Å². The fourth-order valence-electron chi connectivity index (χ4n) is 1.25. The van der Waals surface area contributed by atoms with E-state index in [2.05, 4.69) is 15.3 Å². The maximum absolute atomic E-state index is 10.6. The highest BCUT2D eigenvalue weighted by Crippen LogP contribution is 2.16. The molecule has 2 aromatic rings. The smallest absolute Gasteiger partial charge is 0.353 e. The molecule has 2 aromatic heterocycles. The minimum absolute atomic E-state index is 0.0780. The Kier molecular flexibility index (Phi) is 2.24. The third-order valence-electron chi connectivity index (χ3n) is 2.06. The minimum atomic E-state index is -1.02. The van der Waals surface area contributed by atoms with Crippen LogP contribution in [0.15, 0.2) is 18.5 Å². The molecule has 0 bridgehead atoms. The Morgan fingerprint density at radius 1 is 1.67 bits per heavy atom. The maximum atomic E-state index is 10.6. The van der Waals surface area contributed by atoms with Gasteiger partial charge in [0.1, 0.15) is 5.69 Å². The van der Waals surface area contributed by atoms with Crippen LogP contribution < -0.4 is 0 Å². The molecule has 0 aromatic carbocycles. The van der Waals surface area contributed by atoms with E-state index < -0.39 is 5.97 Å². The lowest BCUT2D eigenvalue weighted by atomic mass is 10.2. The number of rotatable bonds is 3. The summed E-state index contributed by atoms with van der Waals surface area (Å²) in [5, 5.41) is 19.1. The molecule has 0 aliphatic heterocycles. The molecule has 2 N–H and O–H groups in total. The van der Waals surface area contributed by atoms with Gasteiger partial charge < -0.3 is 5.11 Å². The molecule has 0 radical (unpaired) electrons. The molecule has 0 aliphatic rings. The minimum Gasteiger partial charge on any atom is -0.477 e. The van der Waals surface area contributed by atoms with Gasteiger partial charge in [0.05, 0.1) is 11.9 Å². The summed E-state index contributed by atoms with van der Waals surface area (Å²) in [4.78, 5) is 10.6. The predicted molar refractivity (Wildman–Crippen MR) is 52.4 cm³/mol. The van der Waals surface area contributed by atoms with E-state index in [4.69, 9.17) is 5.11 Å². The molecular weight excluding hydrogens is 196 g/mol. The normalized spacial score (nSPS) is 10.5. The number of aryl methyl sites for hydroxylation is 1. The summed E-state index contributed by atoms with van der Waals surface area (Å²) < 4.78 is 1.75. The van der Waals surface area contributed by atoms with Gasteiger partial charge in [0.2, 0.25) is 0 Å². The summed E-state index contributed by atoms with van der Waals surface area (Å²) in [6.45, 7) is 2.75. The molecule has 78 valence electrons. The molecule has 0 unspecified atom stereocenters. The third kappa shape index (κ3) is 1.74. The Hall–Kier alpha value is -2.11. The van der Waals surface area contributed by atoms with Crippen LogP contribution >= 0.6 is 0 Å². The molecule has 2 heterocycles. The number of hydrogen-bond donors (Lipinski definition) is 2. The second kappa shape index (κ2) is 3.56. The van der Waals surface area contributed by atoms with Crippen molar-refractivity contribution < 1.29 is 9.90 Å². The Balaban J connectivity index is 2.32. The summed E-state index contributed by atoms with van der Waals surface area (Å²) in [6, 6.07) is 1.49. The first-order valence-electron chi connectivity index (χ1n) is 4.52. The Morgan fingerprint density at radius 2 is 2.47 bits per heavy atom. The van der Waals surface area contributed by atoms with E-state index in [0.717, 1.165) is 12.1 Å². The average Bonchev–Trinajstić information content (AvgIpc) is 2.86. The first-order valence-corrected chi connectivity index (χ1v) is 4.52. The predicted octanol–water partition coefficient (Wildman–Crippen LogP) is 0.991. The SMILES string of the molecule is CCn1cc(-c2cc(C(=O)O)[nH]n2)cn1. The molecule has 6 heteroatoms. The van der Waals surface area contributed by atoms with Crippen molar-refractivity contribution in [2.45, 2.75) is 13.5 Å². The zero-order chi connectivity index (χ0) is 10.8. The van der Waals surface area contributed by atoms with Crippen LogP contribution in [0.1, 0.15) is 17.4 Å². The van der Waals surface area contributed by atoms with Crippen LogP contribution in [0.2, 0.25) is 0 Å². The van der Waals surface area contributed by atoms with Gasteiger partial charge >= 0.3 is 5.97 Å². The first-order chi connectivity index (χ1) is 7.20. The molecule has 0 aliphatic carbocycles. The number of hydrogen-bond acceptors (Lipinski definition) is 3. The Bertz CT molecular complexity index is 486. The summed E-state index contributed by atoms with van der Waals surface area (Å²) in [6.07, 6.45) is 3.48. The molecule has 2 rings (SSSR count). The number of nitrogens with one attached hydrogen (secondary N) is 1. The van der Waals surface area contributed by atoms with Crippen LogP contribution in [0.25, 0.3) is 11.3 Å². The zero-order valence-electron chi connectivity index (χ0n) is 8.14. The highest BCUT2D eigenvalue weighted by atomic mass is 16.4. The molecular formula is C9H10N4O2. The first kappa shape index (κ1) is 9.45. The van der Waals surface area contributed by atoms with Gasteiger partial charge in [-0.1, -0.05) is 0 Å². The maximum Gasteiger partial charge on any atom is 0.353 e. The Morgan fingerprint density at radius 3 is 3.00 bits per heavy atom. The van der Waals surface area contributed by atoms with Crippen LogP contribution in [-0.2, 0) is 6.54 Å². The summed E-state index contributed by atoms with van der Waals surface area (Å²) >= 11 is 0. The fraction of sp³-hybridized carbons (Fsp3) is 0.222. The van der Waals surface area contributed by atoms with Crippen molar-refractivity contribution in [1.29, 1.82) is 0 Å². The van der Waals surface area contributed by atoms with E-state index in [1.54, 1.807) is 10.9 Å². The van der Waals surface area contributed by atoms with Gasteiger partial charge in [0, 0.05) is 18.3 Å². The van der Waals surface area contributed by atoms with Gasteiger partial charge in [-0.05, 0) is 13.0 Å². The van der Waals surface area contributed by atoms with Crippen molar-refractivity contribution >= 4 is 5.97 Å². The second-order valence-corrected chi connectivity index (χ2v) is 3.06. The number of nitrogens with zero attached hydrogens (tertiary/aromatic N) is 3. The summed E-state index contributed by atoms with van der Waals surface area (Å²) in [5.74, 6) is -1.02. The largest absolute Gasteiger partial charge is 0.477 e. The second-order valence-electron chi connectivity index (χ2n) is 3.06. The van der Waals surface area contributed by atoms with Crippen molar-refractivity contribution in [3.63, 3.8) is 0 Å². The van der Waals surface area contributed by atoms with Gasteiger partial charge in [0.15, 0.2) is 0 Å². The molecule has 0 spiro atoms. The third-order valence-corrected chi connectivity index (χ3v) is 2.06. The molecule has 0 fully saturated rings. The summed E-state index contributed by atoms with van der Waals surface area (Å²) in [5.41, 5.74) is 1.47. The summed E-state index contributed by atoms with van der Waals surface area (Å²) in [7, 11) is 0. The molecule has 15 heavy (non-hydrogen) atoms. The lowest BCUT2D eigenvalue weighted by molar-refractivity contribution is 0.0690. The van der Waals surface area contributed by atoms with E-state index >= 15 is 0 Å². The quantitative estimate of drug-likeness (QED) is 0.784. The van der Waals surface area contributed by atoms with Gasteiger partial charge in [-0.25, -0.2) is 4.79 Å². The van der Waals surface area contributed by atoms with E-state index in [1.807, 2.05) is 13.1 Å². The lowest BCUT2D eigenvalue weighted by Gasteiger charge is -1.90. The number of carboxylic acid groups (broad SMARTS) is 1. The van der Waals surface area contributed by atoms with Gasteiger partial charge in [-0.3, -0.25) is 9.78 Å². The monoisotopic (exact) mass is 206 g/mol. The number of H-pyrrole nitrogens is 1. The van der Waals surface area contributed by atoms with Gasteiger partial charge in [-0.15, -0.1) is 0 Å². The van der Waals surface area contributed by atoms with Crippen LogP contribution in [-0.4, -0.2) is 31.1 Å². The number of aromatic carboxylic acids is 1. The van der Waals surface area contributed by atoms with Gasteiger partial charge in [0.25, 0.3) is 0 Å². The van der Waals surface area contributed by atoms with Crippen LogP contribution in [0.4, 0.5) is 0 Å². The van der Waals surface area contributed by atoms with Crippen molar-refractivity contribution in [2.24, 2.45) is 0 Å². The number of carbonyl (C=O) groups is 1. The van der Waals surface area contributed by atoms with Crippen LogP contribution in [0, 0.1) is 0 Å². The van der Waals surface area contributed by atoms with Crippen molar-refractivity contribution in [2.75, 3.05) is 0 Å². The number of carboxylic acids is 1. The van der Waals surface area contributed by atoms with Crippen molar-refractivity contribution in [3.8, 4) is 11.3 Å². The lowest BCUT2D eigenvalue weighted by Crippen LogP contribution is -1.95. The topological polar surface area (TPSA) is 83.8 Å². The van der Waals surface area contributed by atoms with Crippen molar-refractivity contribution in [1.82, 2.24) is 20.0 Å². The zero-order valence-corrected chi connectivity index (χ0v) is 8.14. The standard InChI is InChI=1S/C9H10N4O2/c1-2-13-5-6(4-10-13)7-3-8(9(14)15)12-11-7/h3-5H,2H2,1H3,(H,11,12)(H,14,15). The highest BCUT2D eigenvalue weighted by molar-refractivity contribution is 5.86. The fourth-order valence-corrected chi connectivity index (χ4v) is 1.25. The average molecular weight is 206 g/mol. The van der Waals surface area contributed by atoms with E-state index in [0.29, 0.717) is 5.69 Å². The molecule has 0 atom stereocenters. The highest BCUT2D eigenvalue weighted by Gasteiger charge is 2.10. The number of aromatic amines is 1. The van der Waals surface area contributed by atoms with E-state index in [9.17, 15) is 4.79 Å². The molecule has 0 amide bonds. The Labute approximate surface area is 85.5 Å². The van der Waals surface area contributed by atoms with E-state index in [1.165, 1.54) is 6.07 Å². The van der Waals surface area contributed by atoms with Crippen LogP contribution in [0.3, 0.4) is 0 Å². The molecule has 6 nitrogen and oxygen atoms in total. The molecule has 0 saturated carbocycles. The number of aromatic nitrogens is 4. The van der Waals surface area contributed by atoms with Crippen molar-refractivity contribution in [3.05, 3.63) is 24.2 Å².